The van der Waals surface area contributed by atoms with Gasteiger partial charge in [-0.15, -0.1) is 6.58 Å². The van der Waals surface area contributed by atoms with E-state index >= 15 is 0 Å². The smallest absolute Gasteiger partial charge is 0.214 e. The molecular formula is C39H45N3O3. The molecule has 5 heterocycles. The molecule has 2 aromatic carbocycles. The van der Waals surface area contributed by atoms with Gasteiger partial charge in [-0.25, -0.2) is 4.98 Å². The van der Waals surface area contributed by atoms with Crippen LogP contribution >= 0.6 is 0 Å². The molecule has 234 valence electrons. The number of ether oxygens (including phenoxy) is 2. The van der Waals surface area contributed by atoms with Gasteiger partial charge in [-0.05, 0) is 85.4 Å². The number of benzene rings is 2. The van der Waals surface area contributed by atoms with E-state index in [0.29, 0.717) is 36.7 Å². The zero-order valence-electron chi connectivity index (χ0n) is 26.5. The molecule has 3 aliphatic heterocycles. The minimum Gasteiger partial charge on any atom is -0.496 e. The highest BCUT2D eigenvalue weighted by atomic mass is 16.5. The van der Waals surface area contributed by atoms with Crippen molar-refractivity contribution >= 4 is 27.9 Å². The molecule has 2 bridgehead atoms. The highest BCUT2D eigenvalue weighted by Gasteiger charge is 2.42. The van der Waals surface area contributed by atoms with Gasteiger partial charge in [0.05, 0.1) is 30.9 Å². The first-order valence-corrected chi connectivity index (χ1v) is 16.7. The summed E-state index contributed by atoms with van der Waals surface area (Å²) in [7, 11) is 1.68. The molecular weight excluding hydrogens is 558 g/mol. The monoisotopic (exact) mass is 603 g/mol. The zero-order valence-corrected chi connectivity index (χ0v) is 26.5. The lowest BCUT2D eigenvalue weighted by Crippen LogP contribution is -2.54. The number of rotatable bonds is 10. The Balaban J connectivity index is 1.28. The van der Waals surface area contributed by atoms with Gasteiger partial charge in [-0.2, -0.15) is 0 Å². The molecule has 0 radical (unpaired) electrons. The van der Waals surface area contributed by atoms with Crippen molar-refractivity contribution in [2.24, 2.45) is 17.8 Å². The second-order valence-corrected chi connectivity index (χ2v) is 13.3. The fourth-order valence-corrected chi connectivity index (χ4v) is 8.23. The number of fused-ring (bicyclic) bond motifs is 5. The maximum atomic E-state index is 12.2. The van der Waals surface area contributed by atoms with Crippen LogP contribution in [-0.2, 0) is 6.42 Å². The molecule has 1 saturated carbocycles. The summed E-state index contributed by atoms with van der Waals surface area (Å²) in [6.07, 6.45) is 12.4. The van der Waals surface area contributed by atoms with Crippen molar-refractivity contribution in [1.82, 2.24) is 14.9 Å². The van der Waals surface area contributed by atoms with Gasteiger partial charge in [-0.3, -0.25) is 9.88 Å². The van der Waals surface area contributed by atoms with Crippen LogP contribution in [0.5, 0.6) is 11.6 Å². The van der Waals surface area contributed by atoms with Crippen LogP contribution in [0.3, 0.4) is 0 Å². The first kappa shape index (κ1) is 29.9. The number of para-hydroxylation sites is 1. The summed E-state index contributed by atoms with van der Waals surface area (Å²) < 4.78 is 12.1. The van der Waals surface area contributed by atoms with Crippen LogP contribution in [0.25, 0.3) is 27.9 Å². The number of aliphatic hydroxyl groups excluding tert-OH is 1. The van der Waals surface area contributed by atoms with E-state index in [9.17, 15) is 5.11 Å². The molecule has 4 aliphatic rings. The Morgan fingerprint density at radius 1 is 1.02 bits per heavy atom. The fraction of sp³-hybridized carbons (Fsp3) is 0.436. The Morgan fingerprint density at radius 2 is 1.87 bits per heavy atom. The molecule has 4 aromatic rings. The highest BCUT2D eigenvalue weighted by Crippen LogP contribution is 2.43. The van der Waals surface area contributed by atoms with Crippen molar-refractivity contribution in [3.8, 4) is 11.6 Å². The molecule has 2 unspecified atom stereocenters. The zero-order chi connectivity index (χ0) is 30.9. The van der Waals surface area contributed by atoms with E-state index in [1.807, 2.05) is 24.3 Å². The van der Waals surface area contributed by atoms with Crippen LogP contribution in [0.4, 0.5) is 0 Å². The van der Waals surface area contributed by atoms with Gasteiger partial charge in [0.1, 0.15) is 5.75 Å². The number of aliphatic hydroxyl groups is 1. The summed E-state index contributed by atoms with van der Waals surface area (Å²) >= 11 is 0. The Kier molecular flexibility index (Phi) is 8.61. The van der Waals surface area contributed by atoms with Gasteiger partial charge in [0, 0.05) is 47.1 Å². The molecule has 3 saturated heterocycles. The van der Waals surface area contributed by atoms with Gasteiger partial charge in [0.15, 0.2) is 0 Å². The second-order valence-electron chi connectivity index (χ2n) is 13.3. The van der Waals surface area contributed by atoms with E-state index in [2.05, 4.69) is 54.5 Å². The van der Waals surface area contributed by atoms with Crippen molar-refractivity contribution in [3.05, 3.63) is 90.1 Å². The van der Waals surface area contributed by atoms with Crippen LogP contribution < -0.4 is 9.47 Å². The molecule has 1 aliphatic carbocycles. The van der Waals surface area contributed by atoms with Crippen molar-refractivity contribution in [3.63, 3.8) is 0 Å². The summed E-state index contributed by atoms with van der Waals surface area (Å²) in [6.45, 7) is 10.9. The van der Waals surface area contributed by atoms with Crippen molar-refractivity contribution in [1.29, 1.82) is 0 Å². The van der Waals surface area contributed by atoms with Crippen molar-refractivity contribution < 1.29 is 14.6 Å². The highest BCUT2D eigenvalue weighted by molar-refractivity contribution is 5.94. The molecule has 5 atom stereocenters. The van der Waals surface area contributed by atoms with Gasteiger partial charge in [0.2, 0.25) is 5.88 Å². The third-order valence-corrected chi connectivity index (χ3v) is 10.7. The van der Waals surface area contributed by atoms with E-state index in [1.165, 1.54) is 32.1 Å². The Morgan fingerprint density at radius 3 is 2.62 bits per heavy atom. The van der Waals surface area contributed by atoms with Gasteiger partial charge < -0.3 is 14.6 Å². The third-order valence-electron chi connectivity index (χ3n) is 10.7. The Labute approximate surface area is 266 Å². The molecule has 8 rings (SSSR count). The van der Waals surface area contributed by atoms with Crippen LogP contribution in [0.2, 0.25) is 0 Å². The standard InChI is InChI=1S/C39H45N3O3/c1-4-26-23-42-18-17-27(26)20-35(42)39(43)32-22-29(40-34-15-16-36(44-3)30(5-2)38(32)34)19-28-21-37(41-33-14-10-9-13-31(28)33)45-24-25-11-7-6-8-12-25/h4-5,9-10,13-16,21-22,25-27,35,39,43H,1-2,6-8,11-12,17-20,23-24H2,3H3/t26-,27?,35-,39+/m0/s1. The molecule has 1 N–H and O–H groups in total. The van der Waals surface area contributed by atoms with Crippen LogP contribution in [-0.4, -0.2) is 52.8 Å². The van der Waals surface area contributed by atoms with Crippen molar-refractivity contribution in [2.45, 2.75) is 63.5 Å². The number of methoxy groups -OCH3 is 1. The number of hydrogen-bond donors (Lipinski definition) is 1. The lowest BCUT2D eigenvalue weighted by Gasteiger charge is -2.50. The SMILES string of the molecule is C=Cc1c(OC)ccc2nc(Cc3cc(OCC4CCCCC4)nc4ccccc34)cc([C@@H](O)[C@@H]3CC4CCN3C[C@@H]4C=C)c12. The molecule has 0 amide bonds. The van der Waals surface area contributed by atoms with Crippen LogP contribution in [0.15, 0.2) is 67.8 Å². The molecule has 2 aromatic heterocycles. The average Bonchev–Trinajstić information content (AvgIpc) is 3.10. The second kappa shape index (κ2) is 12.9. The van der Waals surface area contributed by atoms with E-state index in [4.69, 9.17) is 19.4 Å². The third kappa shape index (κ3) is 5.86. The van der Waals surface area contributed by atoms with Crippen molar-refractivity contribution in [2.75, 3.05) is 26.8 Å². The Hall–Kier alpha value is -3.74. The lowest BCUT2D eigenvalue weighted by atomic mass is 9.73. The van der Waals surface area contributed by atoms with E-state index in [-0.39, 0.29) is 6.04 Å². The summed E-state index contributed by atoms with van der Waals surface area (Å²) in [5.74, 6) is 3.06. The number of hydrogen-bond acceptors (Lipinski definition) is 6. The summed E-state index contributed by atoms with van der Waals surface area (Å²) in [4.78, 5) is 12.5. The molecule has 4 fully saturated rings. The molecule has 45 heavy (non-hydrogen) atoms. The predicted molar refractivity (Wildman–Crippen MR) is 182 cm³/mol. The number of pyridine rings is 2. The molecule has 6 nitrogen and oxygen atoms in total. The van der Waals surface area contributed by atoms with Gasteiger partial charge in [-0.1, -0.05) is 56.2 Å². The van der Waals surface area contributed by atoms with Gasteiger partial charge >= 0.3 is 0 Å². The molecule has 0 spiro atoms. The van der Waals surface area contributed by atoms with Crippen LogP contribution in [0.1, 0.15) is 73.4 Å². The summed E-state index contributed by atoms with van der Waals surface area (Å²) in [6, 6.07) is 16.5. The quantitative estimate of drug-likeness (QED) is 0.186. The normalized spacial score (nSPS) is 24.0. The number of nitrogens with zero attached hydrogens (tertiary/aromatic N) is 3. The number of piperidine rings is 3. The average molecular weight is 604 g/mol. The maximum absolute atomic E-state index is 12.2. The first-order chi connectivity index (χ1) is 22.1. The Bertz CT molecular complexity index is 1710. The largest absolute Gasteiger partial charge is 0.496 e. The maximum Gasteiger partial charge on any atom is 0.214 e. The topological polar surface area (TPSA) is 67.7 Å². The van der Waals surface area contributed by atoms with E-state index in [1.54, 1.807) is 7.11 Å². The minimum absolute atomic E-state index is 0.0452. The first-order valence-electron chi connectivity index (χ1n) is 16.7. The van der Waals surface area contributed by atoms with Crippen LogP contribution in [0, 0.1) is 17.8 Å². The minimum atomic E-state index is -0.669. The summed E-state index contributed by atoms with van der Waals surface area (Å²) in [5, 5.41) is 14.2. The van der Waals surface area contributed by atoms with Gasteiger partial charge in [0.25, 0.3) is 0 Å². The summed E-state index contributed by atoms with van der Waals surface area (Å²) in [5.41, 5.74) is 5.56. The number of aromatic nitrogens is 2. The fourth-order valence-electron chi connectivity index (χ4n) is 8.23. The molecule has 6 heteroatoms. The lowest BCUT2D eigenvalue weighted by molar-refractivity contribution is -0.0445. The van der Waals surface area contributed by atoms with E-state index < -0.39 is 6.10 Å². The predicted octanol–water partition coefficient (Wildman–Crippen LogP) is 7.91. The van der Waals surface area contributed by atoms with E-state index in [0.717, 1.165) is 75.9 Å².